The highest BCUT2D eigenvalue weighted by Crippen LogP contribution is 2.27. The van der Waals surface area contributed by atoms with Crippen LogP contribution < -0.4 is 15.8 Å². The van der Waals surface area contributed by atoms with Gasteiger partial charge in [-0.05, 0) is 30.3 Å². The lowest BCUT2D eigenvalue weighted by Gasteiger charge is -2.23. The molecular formula is C24H24N6O2. The van der Waals surface area contributed by atoms with E-state index in [1.807, 2.05) is 59.3 Å². The molecule has 1 aliphatic heterocycles. The molecule has 0 amide bonds. The van der Waals surface area contributed by atoms with Crippen molar-refractivity contribution in [2.24, 2.45) is 0 Å². The second-order valence-electron chi connectivity index (χ2n) is 7.70. The number of benzene rings is 2. The Labute approximate surface area is 185 Å². The number of nitrogens with one attached hydrogen (secondary N) is 2. The highest BCUT2D eigenvalue weighted by atomic mass is 16.5. The molecule has 32 heavy (non-hydrogen) atoms. The van der Waals surface area contributed by atoms with E-state index in [4.69, 9.17) is 25.6 Å². The lowest BCUT2D eigenvalue weighted by Crippen LogP contribution is -2.25. The van der Waals surface area contributed by atoms with Gasteiger partial charge in [-0.3, -0.25) is 0 Å². The van der Waals surface area contributed by atoms with Crippen molar-refractivity contribution >= 4 is 29.1 Å². The van der Waals surface area contributed by atoms with Crippen molar-refractivity contribution in [3.05, 3.63) is 66.6 Å². The molecule has 8 heteroatoms. The molecule has 2 aromatic carbocycles. The third-order valence-electron chi connectivity index (χ3n) is 5.50. The smallest absolute Gasteiger partial charge is 0.180 e. The summed E-state index contributed by atoms with van der Waals surface area (Å²) in [4.78, 5) is 9.24. The second-order valence-corrected chi connectivity index (χ2v) is 7.70. The number of nitrogens with zero attached hydrogens (tertiary/aromatic N) is 3. The maximum atomic E-state index is 7.44. The molecule has 3 heterocycles. The maximum Gasteiger partial charge on any atom is 0.180 e. The largest absolute Gasteiger partial charge is 0.490 e. The Hall–Kier alpha value is -3.91. The first kappa shape index (κ1) is 20.0. The van der Waals surface area contributed by atoms with Crippen molar-refractivity contribution in [3.8, 4) is 17.0 Å². The third-order valence-corrected chi connectivity index (χ3v) is 5.50. The predicted octanol–water partition coefficient (Wildman–Crippen LogP) is 4.28. The summed E-state index contributed by atoms with van der Waals surface area (Å²) in [5, 5.41) is 10.8. The second kappa shape index (κ2) is 8.68. The molecule has 1 fully saturated rings. The van der Waals surface area contributed by atoms with Gasteiger partial charge >= 0.3 is 0 Å². The fourth-order valence-corrected chi connectivity index (χ4v) is 3.76. The summed E-state index contributed by atoms with van der Waals surface area (Å²) in [5.41, 5.74) is 10.5. The van der Waals surface area contributed by atoms with Gasteiger partial charge in [-0.15, -0.1) is 0 Å². The number of nitrogens with two attached hydrogens (primary N) is 1. The number of fused-ring (bicyclic) bond motifs is 1. The molecule has 0 atom stereocenters. The van der Waals surface area contributed by atoms with Crippen molar-refractivity contribution in [2.75, 3.05) is 24.3 Å². The van der Waals surface area contributed by atoms with Crippen LogP contribution in [-0.4, -0.2) is 39.9 Å². The van der Waals surface area contributed by atoms with Crippen LogP contribution in [0.5, 0.6) is 5.75 Å². The van der Waals surface area contributed by atoms with E-state index in [2.05, 4.69) is 10.3 Å². The van der Waals surface area contributed by atoms with Gasteiger partial charge in [0.15, 0.2) is 11.5 Å². The molecule has 1 aliphatic rings. The Bertz CT molecular complexity index is 1250. The van der Waals surface area contributed by atoms with Gasteiger partial charge in [0, 0.05) is 60.1 Å². The van der Waals surface area contributed by atoms with Crippen LogP contribution in [0.15, 0.2) is 61.1 Å². The van der Waals surface area contributed by atoms with E-state index in [1.54, 1.807) is 6.20 Å². The molecule has 0 radical (unpaired) electrons. The predicted molar refractivity (Wildman–Crippen MR) is 125 cm³/mol. The summed E-state index contributed by atoms with van der Waals surface area (Å²) >= 11 is 0. The van der Waals surface area contributed by atoms with Crippen LogP contribution in [0.25, 0.3) is 16.9 Å². The van der Waals surface area contributed by atoms with Crippen LogP contribution in [0.1, 0.15) is 18.4 Å². The summed E-state index contributed by atoms with van der Waals surface area (Å²) in [6.45, 7) is 1.50. The minimum Gasteiger partial charge on any atom is -0.490 e. The van der Waals surface area contributed by atoms with E-state index < -0.39 is 0 Å². The van der Waals surface area contributed by atoms with Crippen molar-refractivity contribution in [3.63, 3.8) is 0 Å². The highest BCUT2D eigenvalue weighted by Gasteiger charge is 2.15. The quantitative estimate of drug-likeness (QED) is 0.312. The topological polar surface area (TPSA) is 111 Å². The molecule has 4 N–H and O–H groups in total. The summed E-state index contributed by atoms with van der Waals surface area (Å²) in [6, 6.07) is 13.4. The van der Waals surface area contributed by atoms with Gasteiger partial charge in [-0.25, -0.2) is 9.97 Å². The van der Waals surface area contributed by atoms with Crippen molar-refractivity contribution in [1.29, 1.82) is 5.41 Å². The minimum absolute atomic E-state index is 0.205. The number of rotatable bonds is 6. The number of ether oxygens (including phenoxy) is 2. The summed E-state index contributed by atoms with van der Waals surface area (Å²) < 4.78 is 13.4. The molecule has 162 valence electrons. The first-order valence-electron chi connectivity index (χ1n) is 10.6. The minimum atomic E-state index is 0.205. The zero-order valence-corrected chi connectivity index (χ0v) is 17.5. The lowest BCUT2D eigenvalue weighted by molar-refractivity contribution is 0.0256. The zero-order chi connectivity index (χ0) is 21.9. The van der Waals surface area contributed by atoms with Gasteiger partial charge in [0.1, 0.15) is 11.9 Å². The summed E-state index contributed by atoms with van der Waals surface area (Å²) in [6.07, 6.45) is 8.82. The standard InChI is InChI=1S/C24H24N6O2/c25-14-17-2-1-16(13-21(17)26)22-15-30-10-9-27-24(30)23(29-22)28-18-3-5-19(6-4-18)32-20-7-11-31-12-8-20/h1-6,9-10,13-15,20,25H,7-8,11-12,26H2,(H,28,29). The van der Waals surface area contributed by atoms with Gasteiger partial charge < -0.3 is 30.3 Å². The van der Waals surface area contributed by atoms with Gasteiger partial charge in [0.2, 0.25) is 0 Å². The zero-order valence-electron chi connectivity index (χ0n) is 17.5. The van der Waals surface area contributed by atoms with Crippen LogP contribution in [-0.2, 0) is 4.74 Å². The molecule has 0 unspecified atom stereocenters. The Morgan fingerprint density at radius 3 is 2.72 bits per heavy atom. The van der Waals surface area contributed by atoms with Crippen molar-refractivity contribution in [1.82, 2.24) is 14.4 Å². The third kappa shape index (κ3) is 4.13. The molecule has 0 saturated carbocycles. The van der Waals surface area contributed by atoms with E-state index in [1.165, 1.54) is 6.21 Å². The molecular weight excluding hydrogens is 404 g/mol. The van der Waals surface area contributed by atoms with Crippen molar-refractivity contribution in [2.45, 2.75) is 18.9 Å². The molecule has 0 aliphatic carbocycles. The summed E-state index contributed by atoms with van der Waals surface area (Å²) in [7, 11) is 0. The summed E-state index contributed by atoms with van der Waals surface area (Å²) in [5.74, 6) is 1.48. The number of imidazole rings is 1. The Balaban J connectivity index is 1.40. The molecule has 0 spiro atoms. The number of aromatic nitrogens is 3. The normalized spacial score (nSPS) is 14.4. The number of anilines is 3. The van der Waals surface area contributed by atoms with Crippen LogP contribution in [0.3, 0.4) is 0 Å². The van der Waals surface area contributed by atoms with E-state index in [-0.39, 0.29) is 6.10 Å². The van der Waals surface area contributed by atoms with Gasteiger partial charge in [0.05, 0.1) is 18.9 Å². The van der Waals surface area contributed by atoms with Gasteiger partial charge in [-0.1, -0.05) is 12.1 Å². The molecule has 5 rings (SSSR count). The number of nitrogen functional groups attached to an aromatic ring is 1. The molecule has 4 aromatic rings. The molecule has 1 saturated heterocycles. The molecule has 0 bridgehead atoms. The Morgan fingerprint density at radius 1 is 1.16 bits per heavy atom. The van der Waals surface area contributed by atoms with E-state index in [9.17, 15) is 0 Å². The van der Waals surface area contributed by atoms with Gasteiger partial charge in [-0.2, -0.15) is 0 Å². The van der Waals surface area contributed by atoms with E-state index in [0.29, 0.717) is 17.1 Å². The fraction of sp³-hybridized carbons (Fsp3) is 0.208. The van der Waals surface area contributed by atoms with Crippen molar-refractivity contribution < 1.29 is 9.47 Å². The number of hydrogen-bond acceptors (Lipinski definition) is 7. The van der Waals surface area contributed by atoms with E-state index >= 15 is 0 Å². The average Bonchev–Trinajstić information content (AvgIpc) is 3.30. The lowest BCUT2D eigenvalue weighted by atomic mass is 10.1. The Kier molecular flexibility index (Phi) is 5.43. The Morgan fingerprint density at radius 2 is 1.97 bits per heavy atom. The van der Waals surface area contributed by atoms with E-state index in [0.717, 1.165) is 54.4 Å². The van der Waals surface area contributed by atoms with Crippen LogP contribution in [0.4, 0.5) is 17.2 Å². The molecule has 8 nitrogen and oxygen atoms in total. The highest BCUT2D eigenvalue weighted by molar-refractivity contribution is 5.87. The van der Waals surface area contributed by atoms with Crippen LogP contribution in [0.2, 0.25) is 0 Å². The van der Waals surface area contributed by atoms with Crippen LogP contribution in [0, 0.1) is 5.41 Å². The number of hydrogen-bond donors (Lipinski definition) is 3. The monoisotopic (exact) mass is 428 g/mol. The molecule has 2 aromatic heterocycles. The first-order chi connectivity index (χ1) is 15.7. The SMILES string of the molecule is N=Cc1ccc(-c2cn3ccnc3c(Nc3ccc(OC4CCOCC4)cc3)n2)cc1N. The fourth-order valence-electron chi connectivity index (χ4n) is 3.76. The van der Waals surface area contributed by atoms with Crippen LogP contribution >= 0.6 is 0 Å². The van der Waals surface area contributed by atoms with Gasteiger partial charge in [0.25, 0.3) is 0 Å². The average molecular weight is 428 g/mol. The first-order valence-corrected chi connectivity index (χ1v) is 10.6. The maximum absolute atomic E-state index is 7.44.